The Morgan fingerprint density at radius 2 is 1.76 bits per heavy atom. The summed E-state index contributed by atoms with van der Waals surface area (Å²) in [6.07, 6.45) is 0.509. The summed E-state index contributed by atoms with van der Waals surface area (Å²) in [4.78, 5) is 11.9. The van der Waals surface area contributed by atoms with E-state index in [9.17, 15) is 14.3 Å². The van der Waals surface area contributed by atoms with Gasteiger partial charge in [-0.25, -0.2) is 9.82 Å². The highest BCUT2D eigenvalue weighted by atomic mass is 19.1. The molecule has 2 N–H and O–H groups in total. The average Bonchev–Trinajstić information content (AvgIpc) is 2.49. The van der Waals surface area contributed by atoms with Crippen LogP contribution in [0.25, 0.3) is 0 Å². The van der Waals surface area contributed by atoms with Crippen molar-refractivity contribution in [3.8, 4) is 5.75 Å². The number of aromatic hydroxyl groups is 1. The minimum absolute atomic E-state index is 0.0750. The summed E-state index contributed by atoms with van der Waals surface area (Å²) in [5.74, 6) is -1.15. The zero-order valence-electron chi connectivity index (χ0n) is 11.5. The fourth-order valence-electron chi connectivity index (χ4n) is 1.87. The maximum atomic E-state index is 13.5. The minimum atomic E-state index is -0.630. The Morgan fingerprint density at radius 1 is 1.14 bits per heavy atom. The molecule has 0 saturated carbocycles. The maximum Gasteiger partial charge on any atom is 0.274 e. The standard InChI is InChI=1S/C16H15FN2O2/c1-2-14(12-8-4-6-10-15(12)20)18-19-16(21)11-7-3-5-9-13(11)17/h3-10,20H,2H2,1H3,(H,19,21)/b18-14-. The van der Waals surface area contributed by atoms with Gasteiger partial charge in [0, 0.05) is 5.56 Å². The van der Waals surface area contributed by atoms with Crippen LogP contribution in [0.1, 0.15) is 29.3 Å². The van der Waals surface area contributed by atoms with Crippen molar-refractivity contribution in [2.24, 2.45) is 5.10 Å². The molecule has 108 valence electrons. The third-order valence-corrected chi connectivity index (χ3v) is 2.96. The zero-order chi connectivity index (χ0) is 15.2. The molecule has 2 aromatic carbocycles. The van der Waals surface area contributed by atoms with E-state index in [0.717, 1.165) is 0 Å². The molecule has 2 rings (SSSR count). The highest BCUT2D eigenvalue weighted by Gasteiger charge is 2.11. The number of amides is 1. The minimum Gasteiger partial charge on any atom is -0.507 e. The van der Waals surface area contributed by atoms with Crippen LogP contribution in [0.4, 0.5) is 4.39 Å². The van der Waals surface area contributed by atoms with Gasteiger partial charge >= 0.3 is 0 Å². The first kappa shape index (κ1) is 14.7. The van der Waals surface area contributed by atoms with Gasteiger partial charge in [0.05, 0.1) is 11.3 Å². The molecule has 2 aromatic rings. The van der Waals surface area contributed by atoms with Crippen LogP contribution in [0.3, 0.4) is 0 Å². The lowest BCUT2D eigenvalue weighted by Crippen LogP contribution is -2.21. The quantitative estimate of drug-likeness (QED) is 0.670. The van der Waals surface area contributed by atoms with Crippen molar-refractivity contribution in [1.29, 1.82) is 0 Å². The number of nitrogens with zero attached hydrogens (tertiary/aromatic N) is 1. The molecule has 0 aromatic heterocycles. The predicted molar refractivity (Wildman–Crippen MR) is 78.8 cm³/mol. The lowest BCUT2D eigenvalue weighted by Gasteiger charge is -2.07. The van der Waals surface area contributed by atoms with Crippen LogP contribution in [0.15, 0.2) is 53.6 Å². The first-order valence-electron chi connectivity index (χ1n) is 6.53. The number of halogens is 1. The van der Waals surface area contributed by atoms with E-state index in [4.69, 9.17) is 0 Å². The van der Waals surface area contributed by atoms with Crippen LogP contribution in [0.2, 0.25) is 0 Å². The monoisotopic (exact) mass is 286 g/mol. The molecule has 0 aliphatic carbocycles. The predicted octanol–water partition coefficient (Wildman–Crippen LogP) is 3.08. The van der Waals surface area contributed by atoms with Crippen molar-refractivity contribution in [2.45, 2.75) is 13.3 Å². The fourth-order valence-corrected chi connectivity index (χ4v) is 1.87. The Bertz CT molecular complexity index is 683. The first-order chi connectivity index (χ1) is 10.1. The Labute approximate surface area is 121 Å². The smallest absolute Gasteiger partial charge is 0.274 e. The molecule has 4 nitrogen and oxygen atoms in total. The zero-order valence-corrected chi connectivity index (χ0v) is 11.5. The Balaban J connectivity index is 2.21. The summed E-state index contributed by atoms with van der Waals surface area (Å²) in [5.41, 5.74) is 3.29. The normalized spacial score (nSPS) is 11.2. The number of carbonyl (C=O) groups excluding carboxylic acids is 1. The van der Waals surface area contributed by atoms with Gasteiger partial charge in [0.15, 0.2) is 0 Å². The van der Waals surface area contributed by atoms with Crippen LogP contribution in [-0.2, 0) is 0 Å². The summed E-state index contributed by atoms with van der Waals surface area (Å²) in [7, 11) is 0. The third-order valence-electron chi connectivity index (χ3n) is 2.96. The number of para-hydroxylation sites is 1. The maximum absolute atomic E-state index is 13.5. The number of hydrogen-bond donors (Lipinski definition) is 2. The van der Waals surface area contributed by atoms with Crippen molar-refractivity contribution < 1.29 is 14.3 Å². The molecule has 0 aliphatic rings. The molecular formula is C16H15FN2O2. The molecule has 1 amide bonds. The van der Waals surface area contributed by atoms with Crippen LogP contribution in [-0.4, -0.2) is 16.7 Å². The molecule has 0 atom stereocenters. The van der Waals surface area contributed by atoms with E-state index >= 15 is 0 Å². The van der Waals surface area contributed by atoms with E-state index in [2.05, 4.69) is 10.5 Å². The Kier molecular flexibility index (Phi) is 4.66. The third kappa shape index (κ3) is 3.45. The highest BCUT2D eigenvalue weighted by molar-refractivity contribution is 6.03. The Hall–Kier alpha value is -2.69. The van der Waals surface area contributed by atoms with Gasteiger partial charge in [-0.15, -0.1) is 0 Å². The second-order valence-corrected chi connectivity index (χ2v) is 4.35. The molecule has 0 unspecified atom stereocenters. The van der Waals surface area contributed by atoms with E-state index in [-0.39, 0.29) is 11.3 Å². The Morgan fingerprint density at radius 3 is 2.38 bits per heavy atom. The van der Waals surface area contributed by atoms with Crippen molar-refractivity contribution in [3.05, 3.63) is 65.5 Å². The van der Waals surface area contributed by atoms with E-state index < -0.39 is 11.7 Å². The topological polar surface area (TPSA) is 61.7 Å². The van der Waals surface area contributed by atoms with Crippen molar-refractivity contribution in [1.82, 2.24) is 5.43 Å². The van der Waals surface area contributed by atoms with Crippen LogP contribution < -0.4 is 5.43 Å². The number of nitrogens with one attached hydrogen (secondary N) is 1. The lowest BCUT2D eigenvalue weighted by atomic mass is 10.1. The number of phenolic OH excluding ortho intramolecular Hbond substituents is 1. The number of benzene rings is 2. The molecule has 21 heavy (non-hydrogen) atoms. The summed E-state index contributed by atoms with van der Waals surface area (Å²) < 4.78 is 13.5. The van der Waals surface area contributed by atoms with E-state index in [1.165, 1.54) is 18.2 Å². The summed E-state index contributed by atoms with van der Waals surface area (Å²) >= 11 is 0. The highest BCUT2D eigenvalue weighted by Crippen LogP contribution is 2.18. The number of phenols is 1. The molecule has 0 fully saturated rings. The molecule has 0 heterocycles. The lowest BCUT2D eigenvalue weighted by molar-refractivity contribution is 0.0950. The van der Waals surface area contributed by atoms with E-state index in [1.807, 2.05) is 6.92 Å². The molecule has 0 bridgehead atoms. The number of rotatable bonds is 4. The number of carbonyl (C=O) groups is 1. The van der Waals surface area contributed by atoms with Gasteiger partial charge < -0.3 is 5.11 Å². The number of hydrogen-bond acceptors (Lipinski definition) is 3. The van der Waals surface area contributed by atoms with Crippen molar-refractivity contribution >= 4 is 11.6 Å². The largest absolute Gasteiger partial charge is 0.507 e. The fraction of sp³-hybridized carbons (Fsp3) is 0.125. The first-order valence-corrected chi connectivity index (χ1v) is 6.53. The summed E-state index contributed by atoms with van der Waals surface area (Å²) in [5, 5.41) is 13.8. The van der Waals surface area contributed by atoms with Crippen LogP contribution in [0, 0.1) is 5.82 Å². The van der Waals surface area contributed by atoms with Gasteiger partial charge in [-0.05, 0) is 30.7 Å². The van der Waals surface area contributed by atoms with Crippen molar-refractivity contribution in [3.63, 3.8) is 0 Å². The van der Waals surface area contributed by atoms with Crippen LogP contribution >= 0.6 is 0 Å². The molecule has 5 heteroatoms. The van der Waals surface area contributed by atoms with Gasteiger partial charge in [0.2, 0.25) is 0 Å². The molecule has 0 saturated heterocycles. The summed E-state index contributed by atoms with van der Waals surface area (Å²) in [6.45, 7) is 1.85. The van der Waals surface area contributed by atoms with Gasteiger partial charge in [-0.3, -0.25) is 4.79 Å². The summed E-state index contributed by atoms with van der Waals surface area (Å²) in [6, 6.07) is 12.4. The number of hydrazone groups is 1. The van der Waals surface area contributed by atoms with Crippen LogP contribution in [0.5, 0.6) is 5.75 Å². The van der Waals surface area contributed by atoms with E-state index in [0.29, 0.717) is 17.7 Å². The van der Waals surface area contributed by atoms with Gasteiger partial charge in [-0.1, -0.05) is 31.2 Å². The second-order valence-electron chi connectivity index (χ2n) is 4.35. The van der Waals surface area contributed by atoms with E-state index in [1.54, 1.807) is 30.3 Å². The van der Waals surface area contributed by atoms with Gasteiger partial charge in [0.1, 0.15) is 11.6 Å². The SMILES string of the molecule is CC/C(=N/NC(=O)c1ccccc1F)c1ccccc1O. The van der Waals surface area contributed by atoms with Gasteiger partial charge in [-0.2, -0.15) is 5.10 Å². The second kappa shape index (κ2) is 6.65. The van der Waals surface area contributed by atoms with Gasteiger partial charge in [0.25, 0.3) is 5.91 Å². The molecule has 0 radical (unpaired) electrons. The molecule has 0 spiro atoms. The average molecular weight is 286 g/mol. The molecular weight excluding hydrogens is 271 g/mol. The molecule has 0 aliphatic heterocycles. The van der Waals surface area contributed by atoms with Crippen molar-refractivity contribution in [2.75, 3.05) is 0 Å².